The first kappa shape index (κ1) is 15.3. The highest BCUT2D eigenvalue weighted by Crippen LogP contribution is 2.21. The first-order chi connectivity index (χ1) is 9.72. The Morgan fingerprint density at radius 1 is 1.50 bits per heavy atom. The lowest BCUT2D eigenvalue weighted by molar-refractivity contribution is 0.0998. The normalized spacial score (nSPS) is 20.1. The molecular weight excluding hydrogens is 257 g/mol. The summed E-state index contributed by atoms with van der Waals surface area (Å²) < 4.78 is 24.3. The summed E-state index contributed by atoms with van der Waals surface area (Å²) in [4.78, 5) is 0. The molecule has 1 aliphatic heterocycles. The Morgan fingerprint density at radius 3 is 2.95 bits per heavy atom. The van der Waals surface area contributed by atoms with Gasteiger partial charge in [-0.15, -0.1) is 0 Å². The molecule has 0 aromatic heterocycles. The molecule has 1 N–H and O–H groups in total. The molecule has 2 unspecified atom stereocenters. The topological polar surface area (TPSA) is 30.5 Å². The minimum Gasteiger partial charge on any atom is -0.494 e. The Kier molecular flexibility index (Phi) is 5.80. The van der Waals surface area contributed by atoms with Crippen LogP contribution in [0.1, 0.15) is 31.2 Å². The molecule has 1 aromatic carbocycles. The Balaban J connectivity index is 1.86. The smallest absolute Gasteiger partial charge is 0.165 e. The zero-order valence-electron chi connectivity index (χ0n) is 12.3. The van der Waals surface area contributed by atoms with Gasteiger partial charge in [-0.25, -0.2) is 4.39 Å². The van der Waals surface area contributed by atoms with E-state index in [1.165, 1.54) is 20.0 Å². The van der Waals surface area contributed by atoms with Crippen LogP contribution >= 0.6 is 0 Å². The maximum atomic E-state index is 13.7. The van der Waals surface area contributed by atoms with Gasteiger partial charge in [-0.3, -0.25) is 0 Å². The van der Waals surface area contributed by atoms with E-state index in [0.29, 0.717) is 17.9 Å². The molecule has 112 valence electrons. The predicted molar refractivity (Wildman–Crippen MR) is 77.7 cm³/mol. The fraction of sp³-hybridized carbons (Fsp3) is 0.625. The molecule has 20 heavy (non-hydrogen) atoms. The third kappa shape index (κ3) is 4.18. The molecule has 2 rings (SSSR count). The molecule has 0 saturated carbocycles. The Bertz CT molecular complexity index is 419. The van der Waals surface area contributed by atoms with Crippen LogP contribution < -0.4 is 10.1 Å². The molecule has 1 aliphatic rings. The quantitative estimate of drug-likeness (QED) is 0.833. The van der Waals surface area contributed by atoms with Gasteiger partial charge in [-0.05, 0) is 56.8 Å². The summed E-state index contributed by atoms with van der Waals surface area (Å²) in [6.45, 7) is 0.901. The zero-order valence-corrected chi connectivity index (χ0v) is 12.3. The van der Waals surface area contributed by atoms with Gasteiger partial charge >= 0.3 is 0 Å². The van der Waals surface area contributed by atoms with E-state index in [0.717, 1.165) is 31.4 Å². The van der Waals surface area contributed by atoms with Gasteiger partial charge < -0.3 is 14.8 Å². The second kappa shape index (κ2) is 7.60. The van der Waals surface area contributed by atoms with Crippen molar-refractivity contribution in [1.29, 1.82) is 0 Å². The predicted octanol–water partition coefficient (Wildman–Crippen LogP) is 2.92. The Hall–Kier alpha value is -1.13. The highest BCUT2D eigenvalue weighted by atomic mass is 19.1. The molecule has 3 nitrogen and oxygen atoms in total. The monoisotopic (exact) mass is 281 g/mol. The average molecular weight is 281 g/mol. The van der Waals surface area contributed by atoms with Crippen molar-refractivity contribution in [2.45, 2.75) is 44.2 Å². The van der Waals surface area contributed by atoms with Crippen LogP contribution in [0.15, 0.2) is 18.2 Å². The lowest BCUT2D eigenvalue weighted by Gasteiger charge is -2.18. The number of rotatable bonds is 7. The van der Waals surface area contributed by atoms with Crippen molar-refractivity contribution < 1.29 is 13.9 Å². The summed E-state index contributed by atoms with van der Waals surface area (Å²) in [7, 11) is 3.44. The van der Waals surface area contributed by atoms with Crippen molar-refractivity contribution in [2.75, 3.05) is 20.8 Å². The number of halogens is 1. The molecule has 4 heteroatoms. The van der Waals surface area contributed by atoms with E-state index < -0.39 is 0 Å². The van der Waals surface area contributed by atoms with Gasteiger partial charge in [-0.2, -0.15) is 0 Å². The third-order valence-electron chi connectivity index (χ3n) is 3.97. The van der Waals surface area contributed by atoms with Crippen molar-refractivity contribution in [3.8, 4) is 5.75 Å². The molecule has 0 spiro atoms. The van der Waals surface area contributed by atoms with E-state index in [4.69, 9.17) is 9.47 Å². The van der Waals surface area contributed by atoms with Crippen molar-refractivity contribution in [3.63, 3.8) is 0 Å². The zero-order chi connectivity index (χ0) is 14.4. The number of hydrogen-bond donors (Lipinski definition) is 1. The van der Waals surface area contributed by atoms with E-state index >= 15 is 0 Å². The summed E-state index contributed by atoms with van der Waals surface area (Å²) in [5, 5.41) is 3.31. The maximum Gasteiger partial charge on any atom is 0.165 e. The standard InChI is InChI=1S/C16H24FNO2/c1-18-13(6-7-14-4-3-9-20-14)10-12-5-8-16(19-2)15(17)11-12/h5,8,11,13-14,18H,3-4,6-7,9-10H2,1-2H3. The van der Waals surface area contributed by atoms with Crippen LogP contribution in [0.2, 0.25) is 0 Å². The molecule has 1 heterocycles. The van der Waals surface area contributed by atoms with E-state index in [-0.39, 0.29) is 5.82 Å². The van der Waals surface area contributed by atoms with E-state index in [1.54, 1.807) is 12.1 Å². The summed E-state index contributed by atoms with van der Waals surface area (Å²) in [5.74, 6) is 0.00749. The Labute approximate surface area is 120 Å². The highest BCUT2D eigenvalue weighted by Gasteiger charge is 2.17. The lowest BCUT2D eigenvalue weighted by Crippen LogP contribution is -2.28. The second-order valence-corrected chi connectivity index (χ2v) is 5.37. The van der Waals surface area contributed by atoms with Crippen LogP contribution in [-0.4, -0.2) is 32.9 Å². The van der Waals surface area contributed by atoms with Gasteiger partial charge in [0.25, 0.3) is 0 Å². The lowest BCUT2D eigenvalue weighted by atomic mass is 9.99. The molecule has 1 saturated heterocycles. The highest BCUT2D eigenvalue weighted by molar-refractivity contribution is 5.29. The van der Waals surface area contributed by atoms with Crippen LogP contribution in [0.5, 0.6) is 5.75 Å². The van der Waals surface area contributed by atoms with Gasteiger partial charge in [0, 0.05) is 12.6 Å². The fourth-order valence-corrected chi connectivity index (χ4v) is 2.73. The van der Waals surface area contributed by atoms with Crippen LogP contribution in [0.4, 0.5) is 4.39 Å². The molecular formula is C16H24FNO2. The number of likely N-dealkylation sites (N-methyl/N-ethyl adjacent to an activating group) is 1. The van der Waals surface area contributed by atoms with Crippen LogP contribution in [0, 0.1) is 5.82 Å². The number of methoxy groups -OCH3 is 1. The first-order valence-electron chi connectivity index (χ1n) is 7.34. The molecule has 1 fully saturated rings. The number of ether oxygens (including phenoxy) is 2. The molecule has 1 aromatic rings. The summed E-state index contributed by atoms with van der Waals surface area (Å²) in [6, 6.07) is 5.54. The number of nitrogens with one attached hydrogen (secondary N) is 1. The molecule has 0 bridgehead atoms. The van der Waals surface area contributed by atoms with Gasteiger partial charge in [0.2, 0.25) is 0 Å². The summed E-state index contributed by atoms with van der Waals surface area (Å²) in [6.07, 6.45) is 5.72. The van der Waals surface area contributed by atoms with Crippen molar-refractivity contribution >= 4 is 0 Å². The third-order valence-corrected chi connectivity index (χ3v) is 3.97. The molecule has 2 atom stereocenters. The minimum atomic E-state index is -0.293. The molecule has 0 amide bonds. The number of benzene rings is 1. The summed E-state index contributed by atoms with van der Waals surface area (Å²) in [5.41, 5.74) is 0.995. The second-order valence-electron chi connectivity index (χ2n) is 5.37. The largest absolute Gasteiger partial charge is 0.494 e. The van der Waals surface area contributed by atoms with Gasteiger partial charge in [0.1, 0.15) is 0 Å². The SMILES string of the molecule is CNC(CCC1CCCO1)Cc1ccc(OC)c(F)c1. The van der Waals surface area contributed by atoms with Crippen molar-refractivity contribution in [2.24, 2.45) is 0 Å². The fourth-order valence-electron chi connectivity index (χ4n) is 2.73. The van der Waals surface area contributed by atoms with Crippen LogP contribution in [0.3, 0.4) is 0 Å². The van der Waals surface area contributed by atoms with Gasteiger partial charge in [0.05, 0.1) is 13.2 Å². The van der Waals surface area contributed by atoms with Gasteiger partial charge in [-0.1, -0.05) is 6.07 Å². The van der Waals surface area contributed by atoms with Crippen molar-refractivity contribution in [1.82, 2.24) is 5.32 Å². The van der Waals surface area contributed by atoms with E-state index in [1.807, 2.05) is 13.1 Å². The van der Waals surface area contributed by atoms with Crippen LogP contribution in [-0.2, 0) is 11.2 Å². The molecule has 0 aliphatic carbocycles. The van der Waals surface area contributed by atoms with E-state index in [2.05, 4.69) is 5.32 Å². The minimum absolute atomic E-state index is 0.293. The number of hydrogen-bond acceptors (Lipinski definition) is 3. The first-order valence-corrected chi connectivity index (χ1v) is 7.34. The average Bonchev–Trinajstić information content (AvgIpc) is 2.97. The maximum absolute atomic E-state index is 13.7. The summed E-state index contributed by atoms with van der Waals surface area (Å²) >= 11 is 0. The van der Waals surface area contributed by atoms with E-state index in [9.17, 15) is 4.39 Å². The molecule has 0 radical (unpaired) electrons. The van der Waals surface area contributed by atoms with Crippen LogP contribution in [0.25, 0.3) is 0 Å². The Morgan fingerprint density at radius 2 is 2.35 bits per heavy atom. The van der Waals surface area contributed by atoms with Gasteiger partial charge in [0.15, 0.2) is 11.6 Å². The van der Waals surface area contributed by atoms with Crippen molar-refractivity contribution in [3.05, 3.63) is 29.6 Å².